The third-order valence-corrected chi connectivity index (χ3v) is 6.33. The van der Waals surface area contributed by atoms with Crippen LogP contribution in [0.3, 0.4) is 0 Å². The number of rotatable bonds is 9. The van der Waals surface area contributed by atoms with Crippen LogP contribution in [0.4, 0.5) is 0 Å². The SMILES string of the molecule is CCn1c(SCc2nc3ccccc3c(=O)[nH]2)nnc1[C@@H](C)NC(=O)Cc1ccc(OC)cc1. The molecule has 0 fully saturated rings. The van der Waals surface area contributed by atoms with E-state index in [4.69, 9.17) is 4.74 Å². The van der Waals surface area contributed by atoms with Gasteiger partial charge in [0.05, 0.1) is 36.2 Å². The quantitative estimate of drug-likeness (QED) is 0.355. The first-order valence-corrected chi connectivity index (χ1v) is 11.9. The van der Waals surface area contributed by atoms with E-state index >= 15 is 0 Å². The summed E-state index contributed by atoms with van der Waals surface area (Å²) < 4.78 is 7.12. The molecule has 0 saturated carbocycles. The first-order valence-electron chi connectivity index (χ1n) is 10.9. The number of ether oxygens (including phenoxy) is 1. The molecule has 0 unspecified atom stereocenters. The van der Waals surface area contributed by atoms with Crippen LogP contribution in [-0.2, 0) is 23.5 Å². The molecule has 0 saturated heterocycles. The number of hydrogen-bond acceptors (Lipinski definition) is 7. The molecular weight excluding hydrogens is 452 g/mol. The van der Waals surface area contributed by atoms with Gasteiger partial charge in [-0.25, -0.2) is 4.98 Å². The van der Waals surface area contributed by atoms with Crippen molar-refractivity contribution in [2.75, 3.05) is 7.11 Å². The molecular formula is C24H26N6O3S. The number of carbonyl (C=O) groups is 1. The second-order valence-corrected chi connectivity index (χ2v) is 8.66. The number of amides is 1. The predicted octanol–water partition coefficient (Wildman–Crippen LogP) is 3.26. The Morgan fingerprint density at radius 2 is 1.94 bits per heavy atom. The van der Waals surface area contributed by atoms with E-state index in [0.29, 0.717) is 40.0 Å². The van der Waals surface area contributed by atoms with Gasteiger partial charge in [0, 0.05) is 6.54 Å². The van der Waals surface area contributed by atoms with Crippen molar-refractivity contribution in [1.82, 2.24) is 30.0 Å². The van der Waals surface area contributed by atoms with Crippen molar-refractivity contribution in [3.63, 3.8) is 0 Å². The van der Waals surface area contributed by atoms with E-state index < -0.39 is 0 Å². The van der Waals surface area contributed by atoms with Crippen molar-refractivity contribution < 1.29 is 9.53 Å². The van der Waals surface area contributed by atoms with E-state index in [1.54, 1.807) is 13.2 Å². The molecule has 0 bridgehead atoms. The summed E-state index contributed by atoms with van der Waals surface area (Å²) in [5.74, 6) is 2.34. The summed E-state index contributed by atoms with van der Waals surface area (Å²) in [7, 11) is 1.61. The number of thioether (sulfide) groups is 1. The van der Waals surface area contributed by atoms with Gasteiger partial charge in [0.15, 0.2) is 11.0 Å². The summed E-state index contributed by atoms with van der Waals surface area (Å²) in [6.07, 6.45) is 0.261. The average molecular weight is 479 g/mol. The lowest BCUT2D eigenvalue weighted by Gasteiger charge is -2.15. The minimum atomic E-state index is -0.314. The van der Waals surface area contributed by atoms with Gasteiger partial charge in [-0.3, -0.25) is 9.59 Å². The maximum Gasteiger partial charge on any atom is 0.258 e. The molecule has 10 heteroatoms. The third-order valence-electron chi connectivity index (χ3n) is 5.35. The fourth-order valence-electron chi connectivity index (χ4n) is 3.65. The van der Waals surface area contributed by atoms with E-state index in [0.717, 1.165) is 11.3 Å². The molecule has 1 atom stereocenters. The minimum absolute atomic E-state index is 0.101. The fraction of sp³-hybridized carbons (Fsp3) is 0.292. The van der Waals surface area contributed by atoms with Crippen molar-refractivity contribution in [3.05, 3.63) is 76.1 Å². The van der Waals surface area contributed by atoms with Crippen LogP contribution in [0.25, 0.3) is 10.9 Å². The second kappa shape index (κ2) is 10.5. The van der Waals surface area contributed by atoms with Crippen molar-refractivity contribution >= 4 is 28.6 Å². The molecule has 4 rings (SSSR count). The number of fused-ring (bicyclic) bond motifs is 1. The van der Waals surface area contributed by atoms with Crippen LogP contribution in [0.1, 0.15) is 37.1 Å². The zero-order valence-corrected chi connectivity index (χ0v) is 20.1. The summed E-state index contributed by atoms with van der Waals surface area (Å²) in [6.45, 7) is 4.53. The maximum atomic E-state index is 12.6. The number of hydrogen-bond donors (Lipinski definition) is 2. The molecule has 176 valence electrons. The minimum Gasteiger partial charge on any atom is -0.497 e. The van der Waals surface area contributed by atoms with Gasteiger partial charge in [-0.05, 0) is 43.7 Å². The summed E-state index contributed by atoms with van der Waals surface area (Å²) in [5, 5.41) is 12.9. The monoisotopic (exact) mass is 478 g/mol. The molecule has 0 aliphatic rings. The molecule has 2 heterocycles. The zero-order chi connectivity index (χ0) is 24.1. The van der Waals surface area contributed by atoms with E-state index in [-0.39, 0.29) is 23.9 Å². The Hall–Kier alpha value is -3.66. The molecule has 0 aliphatic heterocycles. The van der Waals surface area contributed by atoms with Crippen LogP contribution in [0.5, 0.6) is 5.75 Å². The molecule has 9 nitrogen and oxygen atoms in total. The van der Waals surface area contributed by atoms with E-state index in [1.807, 2.05) is 60.9 Å². The molecule has 2 N–H and O–H groups in total. The Bertz CT molecular complexity index is 1350. The highest BCUT2D eigenvalue weighted by Crippen LogP contribution is 2.23. The maximum absolute atomic E-state index is 12.6. The number of nitrogens with zero attached hydrogens (tertiary/aromatic N) is 4. The molecule has 1 amide bonds. The summed E-state index contributed by atoms with van der Waals surface area (Å²) in [6, 6.07) is 14.3. The lowest BCUT2D eigenvalue weighted by molar-refractivity contribution is -0.121. The lowest BCUT2D eigenvalue weighted by atomic mass is 10.1. The standard InChI is InChI=1S/C24H26N6O3S/c1-4-30-22(15(2)25-21(31)13-16-9-11-17(33-3)12-10-16)28-29-24(30)34-14-20-26-19-8-6-5-7-18(19)23(32)27-20/h5-12,15H,4,13-14H2,1-3H3,(H,25,31)(H,26,27,32)/t15-/m1/s1. The van der Waals surface area contributed by atoms with Crippen molar-refractivity contribution in [1.29, 1.82) is 0 Å². The van der Waals surface area contributed by atoms with Gasteiger partial charge < -0.3 is 19.6 Å². The first-order chi connectivity index (χ1) is 16.5. The van der Waals surface area contributed by atoms with Crippen LogP contribution in [-0.4, -0.2) is 37.7 Å². The van der Waals surface area contributed by atoms with Gasteiger partial charge >= 0.3 is 0 Å². The van der Waals surface area contributed by atoms with E-state index in [2.05, 4.69) is 25.5 Å². The van der Waals surface area contributed by atoms with Crippen LogP contribution >= 0.6 is 11.8 Å². The van der Waals surface area contributed by atoms with Gasteiger partial charge in [0.2, 0.25) is 5.91 Å². The Balaban J connectivity index is 1.42. The highest BCUT2D eigenvalue weighted by molar-refractivity contribution is 7.98. The van der Waals surface area contributed by atoms with Gasteiger partial charge in [0.25, 0.3) is 5.56 Å². The zero-order valence-electron chi connectivity index (χ0n) is 19.2. The van der Waals surface area contributed by atoms with Gasteiger partial charge in [-0.15, -0.1) is 10.2 Å². The van der Waals surface area contributed by atoms with Gasteiger partial charge in [-0.1, -0.05) is 36.0 Å². The molecule has 4 aromatic rings. The number of carbonyl (C=O) groups excluding carboxylic acids is 1. The number of nitrogens with one attached hydrogen (secondary N) is 2. The molecule has 2 aromatic carbocycles. The van der Waals surface area contributed by atoms with Crippen LogP contribution < -0.4 is 15.6 Å². The number of benzene rings is 2. The smallest absolute Gasteiger partial charge is 0.258 e. The van der Waals surface area contributed by atoms with Crippen LogP contribution in [0, 0.1) is 0 Å². The number of H-pyrrole nitrogens is 1. The van der Waals surface area contributed by atoms with Crippen LogP contribution in [0.2, 0.25) is 0 Å². The van der Waals surface area contributed by atoms with Crippen molar-refractivity contribution in [2.24, 2.45) is 0 Å². The molecule has 34 heavy (non-hydrogen) atoms. The molecule has 0 radical (unpaired) electrons. The average Bonchev–Trinajstić information content (AvgIpc) is 3.26. The molecule has 0 spiro atoms. The predicted molar refractivity (Wildman–Crippen MR) is 131 cm³/mol. The topological polar surface area (TPSA) is 115 Å². The Kier molecular flexibility index (Phi) is 7.27. The van der Waals surface area contributed by atoms with Crippen LogP contribution in [0.15, 0.2) is 58.5 Å². The Labute approximate surface area is 201 Å². The number of aromatic amines is 1. The first kappa shape index (κ1) is 23.5. The highest BCUT2D eigenvalue weighted by Gasteiger charge is 2.19. The number of aromatic nitrogens is 5. The van der Waals surface area contributed by atoms with Crippen molar-refractivity contribution in [3.8, 4) is 5.75 Å². The van der Waals surface area contributed by atoms with E-state index in [1.165, 1.54) is 11.8 Å². The lowest BCUT2D eigenvalue weighted by Crippen LogP contribution is -2.30. The molecule has 0 aliphatic carbocycles. The van der Waals surface area contributed by atoms with Gasteiger partial charge in [0.1, 0.15) is 11.6 Å². The highest BCUT2D eigenvalue weighted by atomic mass is 32.2. The Morgan fingerprint density at radius 3 is 2.68 bits per heavy atom. The number of para-hydroxylation sites is 1. The normalized spacial score (nSPS) is 12.0. The Morgan fingerprint density at radius 1 is 1.18 bits per heavy atom. The summed E-state index contributed by atoms with van der Waals surface area (Å²) >= 11 is 1.44. The third kappa shape index (κ3) is 5.28. The fourth-order valence-corrected chi connectivity index (χ4v) is 4.53. The summed E-state index contributed by atoms with van der Waals surface area (Å²) in [4.78, 5) is 32.2. The van der Waals surface area contributed by atoms with Crippen molar-refractivity contribution in [2.45, 2.75) is 43.8 Å². The number of methoxy groups -OCH3 is 1. The second-order valence-electron chi connectivity index (χ2n) is 7.72. The summed E-state index contributed by atoms with van der Waals surface area (Å²) in [5.41, 5.74) is 1.40. The van der Waals surface area contributed by atoms with E-state index in [9.17, 15) is 9.59 Å². The largest absolute Gasteiger partial charge is 0.497 e. The molecule has 2 aromatic heterocycles. The van der Waals surface area contributed by atoms with Gasteiger partial charge in [-0.2, -0.15) is 0 Å².